The van der Waals surface area contributed by atoms with Crippen molar-refractivity contribution in [2.75, 3.05) is 39.3 Å². The fraction of sp³-hybridized carbons (Fsp3) is 0.533. The number of thiophene rings is 1. The summed E-state index contributed by atoms with van der Waals surface area (Å²) in [5.74, 6) is 0.614. The zero-order chi connectivity index (χ0) is 16.8. The lowest BCUT2D eigenvalue weighted by Crippen LogP contribution is -2.35. The van der Waals surface area contributed by atoms with Crippen molar-refractivity contribution in [2.24, 2.45) is 0 Å². The molecule has 2 aromatic rings. The van der Waals surface area contributed by atoms with Gasteiger partial charge in [0.25, 0.3) is 5.91 Å². The van der Waals surface area contributed by atoms with Gasteiger partial charge in [-0.15, -0.1) is 11.3 Å². The summed E-state index contributed by atoms with van der Waals surface area (Å²) in [6.07, 6.45) is 1.50. The van der Waals surface area contributed by atoms with E-state index in [0.717, 1.165) is 21.6 Å². The van der Waals surface area contributed by atoms with E-state index >= 15 is 0 Å². The Morgan fingerprint density at radius 3 is 2.83 bits per heavy atom. The van der Waals surface area contributed by atoms with Crippen LogP contribution < -0.4 is 10.6 Å². The number of rotatable bonds is 8. The predicted molar refractivity (Wildman–Crippen MR) is 91.3 cm³/mol. The molecule has 0 saturated carbocycles. The lowest BCUT2D eigenvalue weighted by Gasteiger charge is -2.12. The summed E-state index contributed by atoms with van der Waals surface area (Å²) in [7, 11) is 3.26. The van der Waals surface area contributed by atoms with Crippen LogP contribution in [0, 0.1) is 6.92 Å². The predicted octanol–water partition coefficient (Wildman–Crippen LogP) is 1.82. The average molecular weight is 338 g/mol. The minimum Gasteiger partial charge on any atom is -0.383 e. The fourth-order valence-corrected chi connectivity index (χ4v) is 3.33. The molecule has 0 radical (unpaired) electrons. The van der Waals surface area contributed by atoms with Gasteiger partial charge in [-0.2, -0.15) is 0 Å². The summed E-state index contributed by atoms with van der Waals surface area (Å²) in [4.78, 5) is 22.5. The third-order valence-corrected chi connectivity index (χ3v) is 4.52. The number of carbonyl (C=O) groups excluding carboxylic acids is 1. The number of nitrogens with zero attached hydrogens (tertiary/aromatic N) is 2. The molecular formula is C15H22N4O3S. The highest BCUT2D eigenvalue weighted by atomic mass is 32.1. The van der Waals surface area contributed by atoms with Crippen molar-refractivity contribution in [3.05, 3.63) is 16.8 Å². The maximum absolute atomic E-state index is 12.4. The van der Waals surface area contributed by atoms with Crippen molar-refractivity contribution in [3.8, 4) is 0 Å². The largest absolute Gasteiger partial charge is 0.383 e. The van der Waals surface area contributed by atoms with E-state index in [1.54, 1.807) is 14.2 Å². The second-order valence-electron chi connectivity index (χ2n) is 5.21. The number of carbonyl (C=O) groups is 1. The minimum atomic E-state index is -0.113. The average Bonchev–Trinajstić information content (AvgIpc) is 2.86. The van der Waals surface area contributed by atoms with Crippen LogP contribution in [0.25, 0.3) is 10.2 Å². The zero-order valence-electron chi connectivity index (χ0n) is 13.8. The summed E-state index contributed by atoms with van der Waals surface area (Å²) in [5, 5.41) is 7.04. The van der Waals surface area contributed by atoms with Crippen LogP contribution in [-0.2, 0) is 9.47 Å². The standard InChI is InChI=1S/C15H22N4O3S/c1-9(7-22-4)19-14(20)12-10(2)11-13(16-5-6-21-3)17-8-18-15(11)23-12/h8-9H,5-7H2,1-4H3,(H,19,20)(H,16,17,18). The van der Waals surface area contributed by atoms with Gasteiger partial charge in [-0.05, 0) is 19.4 Å². The lowest BCUT2D eigenvalue weighted by molar-refractivity contribution is 0.0909. The third kappa shape index (κ3) is 4.15. The first-order valence-corrected chi connectivity index (χ1v) is 8.16. The van der Waals surface area contributed by atoms with E-state index < -0.39 is 0 Å². The third-order valence-electron chi connectivity index (χ3n) is 3.33. The summed E-state index contributed by atoms with van der Waals surface area (Å²) >= 11 is 1.37. The SMILES string of the molecule is COCCNc1ncnc2sc(C(=O)NC(C)COC)c(C)c12. The highest BCUT2D eigenvalue weighted by molar-refractivity contribution is 7.20. The zero-order valence-corrected chi connectivity index (χ0v) is 14.6. The van der Waals surface area contributed by atoms with Crippen LogP contribution in [0.1, 0.15) is 22.2 Å². The molecule has 0 aliphatic rings. The van der Waals surface area contributed by atoms with Crippen LogP contribution in [0.5, 0.6) is 0 Å². The molecule has 0 bridgehead atoms. The molecule has 126 valence electrons. The molecule has 1 unspecified atom stereocenters. The number of fused-ring (bicyclic) bond motifs is 1. The number of aryl methyl sites for hydroxylation is 1. The minimum absolute atomic E-state index is 0.0532. The fourth-order valence-electron chi connectivity index (χ4n) is 2.27. The van der Waals surface area contributed by atoms with Crippen molar-refractivity contribution < 1.29 is 14.3 Å². The Hall–Kier alpha value is -1.77. The summed E-state index contributed by atoms with van der Waals surface area (Å²) in [6, 6.07) is -0.0532. The second-order valence-corrected chi connectivity index (χ2v) is 6.21. The maximum Gasteiger partial charge on any atom is 0.262 e. The highest BCUT2D eigenvalue weighted by Gasteiger charge is 2.20. The molecule has 0 aliphatic heterocycles. The quantitative estimate of drug-likeness (QED) is 0.714. The Bertz CT molecular complexity index is 674. The van der Waals surface area contributed by atoms with Crippen LogP contribution in [0.3, 0.4) is 0 Å². The van der Waals surface area contributed by atoms with E-state index in [9.17, 15) is 4.79 Å². The molecule has 23 heavy (non-hydrogen) atoms. The van der Waals surface area contributed by atoms with Gasteiger partial charge in [-0.25, -0.2) is 9.97 Å². The maximum atomic E-state index is 12.4. The van der Waals surface area contributed by atoms with Gasteiger partial charge in [0.15, 0.2) is 0 Å². The van der Waals surface area contributed by atoms with Gasteiger partial charge in [-0.1, -0.05) is 0 Å². The molecule has 2 heterocycles. The Labute approximate surface area is 139 Å². The van der Waals surface area contributed by atoms with Crippen LogP contribution in [0.4, 0.5) is 5.82 Å². The van der Waals surface area contributed by atoms with Gasteiger partial charge < -0.3 is 20.1 Å². The van der Waals surface area contributed by atoms with Crippen molar-refractivity contribution in [1.29, 1.82) is 0 Å². The molecule has 8 heteroatoms. The Morgan fingerprint density at radius 2 is 2.13 bits per heavy atom. The molecule has 0 saturated heterocycles. The van der Waals surface area contributed by atoms with Crippen LogP contribution in [0.2, 0.25) is 0 Å². The van der Waals surface area contributed by atoms with Gasteiger partial charge in [0.2, 0.25) is 0 Å². The molecule has 7 nitrogen and oxygen atoms in total. The van der Waals surface area contributed by atoms with Gasteiger partial charge in [0, 0.05) is 26.8 Å². The molecule has 2 aromatic heterocycles. The lowest BCUT2D eigenvalue weighted by atomic mass is 10.2. The van der Waals surface area contributed by atoms with E-state index in [2.05, 4.69) is 20.6 Å². The van der Waals surface area contributed by atoms with Gasteiger partial charge >= 0.3 is 0 Å². The van der Waals surface area contributed by atoms with Crippen molar-refractivity contribution in [1.82, 2.24) is 15.3 Å². The van der Waals surface area contributed by atoms with Gasteiger partial charge in [0.05, 0.1) is 23.5 Å². The number of anilines is 1. The number of ether oxygens (including phenoxy) is 2. The number of nitrogens with one attached hydrogen (secondary N) is 2. The molecule has 1 amide bonds. The van der Waals surface area contributed by atoms with E-state index in [1.807, 2.05) is 13.8 Å². The van der Waals surface area contributed by atoms with Crippen LogP contribution >= 0.6 is 11.3 Å². The molecule has 0 aromatic carbocycles. The highest BCUT2D eigenvalue weighted by Crippen LogP contribution is 2.33. The number of hydrogen-bond donors (Lipinski definition) is 2. The Balaban J connectivity index is 2.27. The monoisotopic (exact) mass is 338 g/mol. The Kier molecular flexibility index (Phi) is 6.26. The van der Waals surface area contributed by atoms with Crippen LogP contribution in [-0.4, -0.2) is 55.9 Å². The molecule has 1 atom stereocenters. The van der Waals surface area contributed by atoms with Gasteiger partial charge in [0.1, 0.15) is 17.0 Å². The van der Waals surface area contributed by atoms with Gasteiger partial charge in [-0.3, -0.25) is 4.79 Å². The molecule has 0 spiro atoms. The van der Waals surface area contributed by atoms with E-state index in [1.165, 1.54) is 17.7 Å². The van der Waals surface area contributed by atoms with Crippen molar-refractivity contribution >= 4 is 33.3 Å². The van der Waals surface area contributed by atoms with E-state index in [4.69, 9.17) is 9.47 Å². The molecule has 0 fully saturated rings. The first kappa shape index (κ1) is 17.6. The first-order chi connectivity index (χ1) is 11.1. The van der Waals surface area contributed by atoms with Crippen molar-refractivity contribution in [3.63, 3.8) is 0 Å². The molecule has 2 rings (SSSR count). The van der Waals surface area contributed by atoms with E-state index in [-0.39, 0.29) is 11.9 Å². The number of amides is 1. The summed E-state index contributed by atoms with van der Waals surface area (Å²) in [5.41, 5.74) is 0.882. The summed E-state index contributed by atoms with van der Waals surface area (Å²) in [6.45, 7) is 5.52. The smallest absolute Gasteiger partial charge is 0.262 e. The summed E-state index contributed by atoms with van der Waals surface area (Å²) < 4.78 is 10.1. The second kappa shape index (κ2) is 8.19. The molecule has 2 N–H and O–H groups in total. The first-order valence-electron chi connectivity index (χ1n) is 7.35. The number of aromatic nitrogens is 2. The normalized spacial score (nSPS) is 12.3. The Morgan fingerprint density at radius 1 is 1.35 bits per heavy atom. The number of hydrogen-bond acceptors (Lipinski definition) is 7. The van der Waals surface area contributed by atoms with E-state index in [0.29, 0.717) is 24.6 Å². The number of methoxy groups -OCH3 is 2. The topological polar surface area (TPSA) is 85.4 Å². The van der Waals surface area contributed by atoms with Crippen molar-refractivity contribution in [2.45, 2.75) is 19.9 Å². The molecular weight excluding hydrogens is 316 g/mol. The molecule has 0 aliphatic carbocycles. The van der Waals surface area contributed by atoms with Crippen LogP contribution in [0.15, 0.2) is 6.33 Å².